The van der Waals surface area contributed by atoms with Crippen molar-refractivity contribution in [2.24, 2.45) is 10.2 Å². The molecule has 2 unspecified atom stereocenters. The number of azo groups is 1. The van der Waals surface area contributed by atoms with E-state index in [1.54, 1.807) is 60.7 Å². The van der Waals surface area contributed by atoms with Crippen LogP contribution in [0.25, 0.3) is 0 Å². The lowest BCUT2D eigenvalue weighted by Crippen LogP contribution is -2.37. The van der Waals surface area contributed by atoms with E-state index in [2.05, 4.69) is 20.9 Å². The molecule has 6 rings (SSSR count). The number of thioether (sulfide) groups is 2. The van der Waals surface area contributed by atoms with Gasteiger partial charge in [-0.2, -0.15) is 27.1 Å². The molecule has 10 nitrogen and oxygen atoms in total. The molecule has 2 heterocycles. The number of hydrogen-bond donors (Lipinski definition) is 4. The van der Waals surface area contributed by atoms with Crippen molar-refractivity contribution in [2.45, 2.75) is 32.0 Å². The van der Waals surface area contributed by atoms with Gasteiger partial charge in [-0.05, 0) is 73.5 Å². The van der Waals surface area contributed by atoms with E-state index < -0.39 is 28.6 Å². The van der Waals surface area contributed by atoms with E-state index in [4.69, 9.17) is 0 Å². The Morgan fingerprint density at radius 2 is 0.952 bits per heavy atom. The van der Waals surface area contributed by atoms with Crippen LogP contribution in [0.15, 0.2) is 105 Å². The van der Waals surface area contributed by atoms with Crippen LogP contribution in [-0.4, -0.2) is 25.9 Å². The Hall–Kier alpha value is -3.40. The average molecular weight is 641 g/mol. The van der Waals surface area contributed by atoms with Gasteiger partial charge in [-0.25, -0.2) is 0 Å². The third kappa shape index (κ3) is 4.87. The molecule has 0 saturated carbocycles. The van der Waals surface area contributed by atoms with Gasteiger partial charge >= 0.3 is 20.2 Å². The van der Waals surface area contributed by atoms with Gasteiger partial charge in [-0.15, -0.1) is 0 Å². The molecule has 0 spiro atoms. The minimum atomic E-state index is -4.58. The summed E-state index contributed by atoms with van der Waals surface area (Å²) in [5.74, 6) is 0. The lowest BCUT2D eigenvalue weighted by atomic mass is 10.2. The Kier molecular flexibility index (Phi) is 6.91. The summed E-state index contributed by atoms with van der Waals surface area (Å²) in [6.07, 6.45) is 0. The van der Waals surface area contributed by atoms with E-state index in [1.165, 1.54) is 0 Å². The van der Waals surface area contributed by atoms with E-state index in [0.717, 1.165) is 34.7 Å². The van der Waals surface area contributed by atoms with Crippen LogP contribution in [0.3, 0.4) is 0 Å². The molecular formula is C28H24N4O6S4. The van der Waals surface area contributed by atoms with Crippen molar-refractivity contribution in [1.29, 1.82) is 0 Å². The molecule has 0 radical (unpaired) electrons. The Bertz CT molecular complexity index is 1820. The van der Waals surface area contributed by atoms with Gasteiger partial charge in [0.1, 0.15) is 0 Å². The van der Waals surface area contributed by atoms with Gasteiger partial charge in [-0.3, -0.25) is 9.11 Å². The second kappa shape index (κ2) is 10.1. The SMILES string of the molecule is Cc1ccc2c(c1)SC(c1ccc(N=Nc3ccc(C4(S(=O)(=O)O)Nc5ccc(C)cc5S4)cc3)cc1)(S(=O)(=O)O)N2. The Balaban J connectivity index is 1.23. The quantitative estimate of drug-likeness (QED) is 0.126. The first-order valence-electron chi connectivity index (χ1n) is 12.5. The maximum atomic E-state index is 12.6. The molecule has 216 valence electrons. The summed E-state index contributed by atoms with van der Waals surface area (Å²) in [4.78, 5) is 1.42. The predicted molar refractivity (Wildman–Crippen MR) is 165 cm³/mol. The molecule has 42 heavy (non-hydrogen) atoms. The molecule has 2 aliphatic heterocycles. The molecule has 4 aromatic rings. The molecule has 4 aromatic carbocycles. The normalized spacial score (nSPS) is 21.5. The summed E-state index contributed by atoms with van der Waals surface area (Å²) in [6.45, 7) is 3.80. The van der Waals surface area contributed by atoms with Crippen molar-refractivity contribution in [1.82, 2.24) is 0 Å². The standard InChI is InChI=1S/C28H24N4O6S4/c1-17-3-13-23-25(15-17)39-27(29-23,41(33,34)35)19-5-9-21(10-6-19)31-32-22-11-7-20(8-12-22)28(42(36,37)38)30-24-14-4-18(2)16-26(24)40-28/h3-16,29-30H,1-2H3,(H,33,34,35)(H,36,37,38). The monoisotopic (exact) mass is 640 g/mol. The maximum Gasteiger partial charge on any atom is 0.304 e. The number of aryl methyl sites for hydroxylation is 2. The highest BCUT2D eigenvalue weighted by Crippen LogP contribution is 2.55. The number of benzene rings is 4. The van der Waals surface area contributed by atoms with Crippen molar-refractivity contribution < 1.29 is 25.9 Å². The van der Waals surface area contributed by atoms with Crippen LogP contribution < -0.4 is 10.6 Å². The zero-order valence-corrected chi connectivity index (χ0v) is 25.4. The Morgan fingerprint density at radius 3 is 1.29 bits per heavy atom. The van der Waals surface area contributed by atoms with Crippen molar-refractivity contribution in [3.05, 3.63) is 107 Å². The second-order valence-electron chi connectivity index (χ2n) is 9.93. The summed E-state index contributed by atoms with van der Waals surface area (Å²) >= 11 is 2.03. The van der Waals surface area contributed by atoms with Crippen LogP contribution in [-0.2, 0) is 28.6 Å². The molecule has 4 N–H and O–H groups in total. The fourth-order valence-corrected chi connectivity index (χ4v) is 9.88. The summed E-state index contributed by atoms with van der Waals surface area (Å²) in [7, 11) is -9.16. The van der Waals surface area contributed by atoms with Crippen molar-refractivity contribution >= 4 is 66.5 Å². The molecule has 2 atom stereocenters. The second-order valence-corrected chi connectivity index (χ2v) is 16.1. The van der Waals surface area contributed by atoms with Gasteiger partial charge in [0.05, 0.1) is 22.7 Å². The summed E-state index contributed by atoms with van der Waals surface area (Å²) < 4.78 is 67.1. The van der Waals surface area contributed by atoms with Gasteiger partial charge in [0.2, 0.25) is 8.41 Å². The van der Waals surface area contributed by atoms with Crippen LogP contribution in [0.2, 0.25) is 0 Å². The summed E-state index contributed by atoms with van der Waals surface area (Å²) in [5, 5.41) is 14.4. The zero-order chi connectivity index (χ0) is 29.9. The minimum Gasteiger partial charge on any atom is -0.351 e. The van der Waals surface area contributed by atoms with Gasteiger partial charge < -0.3 is 10.6 Å². The molecule has 0 saturated heterocycles. The predicted octanol–water partition coefficient (Wildman–Crippen LogP) is 7.15. The van der Waals surface area contributed by atoms with E-state index in [-0.39, 0.29) is 0 Å². The number of fused-ring (bicyclic) bond motifs is 2. The van der Waals surface area contributed by atoms with Crippen molar-refractivity contribution in [2.75, 3.05) is 10.6 Å². The largest absolute Gasteiger partial charge is 0.351 e. The summed E-state index contributed by atoms with van der Waals surface area (Å²) in [5.41, 5.74) is 4.64. The minimum absolute atomic E-state index is 0.320. The maximum absolute atomic E-state index is 12.6. The molecule has 0 aliphatic carbocycles. The van der Waals surface area contributed by atoms with E-state index >= 15 is 0 Å². The highest BCUT2D eigenvalue weighted by molar-refractivity contribution is 8.13. The molecule has 0 fully saturated rings. The molecule has 0 bridgehead atoms. The fraction of sp³-hybridized carbons (Fsp3) is 0.143. The topological polar surface area (TPSA) is 158 Å². The number of nitrogens with zero attached hydrogens (tertiary/aromatic N) is 2. The first-order valence-corrected chi connectivity index (χ1v) is 17.0. The van der Waals surface area contributed by atoms with Crippen molar-refractivity contribution in [3.8, 4) is 0 Å². The Morgan fingerprint density at radius 1 is 0.595 bits per heavy atom. The van der Waals surface area contributed by atoms with Gasteiger partial charge in [0.15, 0.2) is 0 Å². The third-order valence-electron chi connectivity index (χ3n) is 6.88. The van der Waals surface area contributed by atoms with E-state index in [9.17, 15) is 25.9 Å². The smallest absolute Gasteiger partial charge is 0.304 e. The lowest BCUT2D eigenvalue weighted by molar-refractivity contribution is 0.466. The highest BCUT2D eigenvalue weighted by Gasteiger charge is 2.51. The third-order valence-corrected chi connectivity index (χ3v) is 13.1. The summed E-state index contributed by atoms with van der Waals surface area (Å²) in [6, 6.07) is 23.5. The first-order chi connectivity index (χ1) is 19.8. The molecule has 14 heteroatoms. The van der Waals surface area contributed by atoms with Crippen LogP contribution in [0.5, 0.6) is 0 Å². The van der Waals surface area contributed by atoms with Crippen LogP contribution in [0, 0.1) is 13.8 Å². The van der Waals surface area contributed by atoms with Gasteiger partial charge in [0.25, 0.3) is 0 Å². The first kappa shape index (κ1) is 28.7. The van der Waals surface area contributed by atoms with Crippen molar-refractivity contribution in [3.63, 3.8) is 0 Å². The molecular weight excluding hydrogens is 617 g/mol. The van der Waals surface area contributed by atoms with Gasteiger partial charge in [-0.1, -0.05) is 59.9 Å². The molecule has 2 aliphatic rings. The van der Waals surface area contributed by atoms with Crippen LogP contribution >= 0.6 is 23.5 Å². The number of nitrogens with one attached hydrogen (secondary N) is 2. The van der Waals surface area contributed by atoms with E-state index in [1.807, 2.05) is 38.1 Å². The number of rotatable bonds is 6. The fourth-order valence-electron chi connectivity index (χ4n) is 4.75. The van der Waals surface area contributed by atoms with Crippen LogP contribution in [0.1, 0.15) is 22.3 Å². The number of anilines is 2. The zero-order valence-electron chi connectivity index (χ0n) is 22.1. The van der Waals surface area contributed by atoms with E-state index in [0.29, 0.717) is 43.7 Å². The molecule has 0 aromatic heterocycles. The molecule has 0 amide bonds. The van der Waals surface area contributed by atoms with Crippen LogP contribution in [0.4, 0.5) is 22.7 Å². The highest BCUT2D eigenvalue weighted by atomic mass is 32.3. The van der Waals surface area contributed by atoms with Gasteiger partial charge in [0, 0.05) is 20.9 Å². The number of hydrogen-bond acceptors (Lipinski definition) is 10. The Labute approximate surface area is 251 Å². The average Bonchev–Trinajstić information content (AvgIpc) is 3.52. The lowest BCUT2D eigenvalue weighted by Gasteiger charge is -2.26.